The molecule has 0 aliphatic rings. The number of aliphatic hydroxyl groups excluding tert-OH is 2. The molecule has 0 atom stereocenters. The highest BCUT2D eigenvalue weighted by molar-refractivity contribution is 7.45. The Kier molecular flexibility index (Phi) is 10.2. The molecule has 8 nitrogen and oxygen atoms in total. The number of rotatable bonds is 5. The van der Waals surface area contributed by atoms with Crippen LogP contribution in [0.5, 0.6) is 0 Å². The first-order valence-electron chi connectivity index (χ1n) is 4.55. The van der Waals surface area contributed by atoms with Crippen molar-refractivity contribution in [1.82, 2.24) is 0 Å². The zero-order chi connectivity index (χ0) is 14.1. The molecule has 102 valence electrons. The van der Waals surface area contributed by atoms with Gasteiger partial charge in [-0.1, -0.05) is 5.57 Å². The van der Waals surface area contributed by atoms with E-state index in [1.165, 1.54) is 6.92 Å². The average Bonchev–Trinajstić information content (AvgIpc) is 2.13. The van der Waals surface area contributed by atoms with Gasteiger partial charge < -0.3 is 30.0 Å². The van der Waals surface area contributed by atoms with Gasteiger partial charge in [0.2, 0.25) is 0 Å². The van der Waals surface area contributed by atoms with Crippen molar-refractivity contribution in [1.29, 1.82) is 0 Å². The summed E-state index contributed by atoms with van der Waals surface area (Å²) in [4.78, 5) is 32.0. The van der Waals surface area contributed by atoms with Crippen LogP contribution in [0, 0.1) is 0 Å². The first-order chi connectivity index (χ1) is 7.63. The molecule has 0 bridgehead atoms. The summed E-state index contributed by atoms with van der Waals surface area (Å²) in [6, 6.07) is 0. The summed E-state index contributed by atoms with van der Waals surface area (Å²) in [6.07, 6.45) is 0.636. The van der Waals surface area contributed by atoms with Gasteiger partial charge in [0.1, 0.15) is 0 Å². The van der Waals surface area contributed by atoms with Crippen LogP contribution in [0.2, 0.25) is 0 Å². The molecule has 0 saturated carbocycles. The maximum Gasteiger partial charge on any atom is 0.466 e. The highest BCUT2D eigenvalue weighted by Gasteiger charge is 2.07. The van der Waals surface area contributed by atoms with Crippen molar-refractivity contribution in [3.8, 4) is 0 Å². The third kappa shape index (κ3) is 15.2. The smallest absolute Gasteiger partial charge is 0.466 e. The molecule has 0 saturated heterocycles. The monoisotopic (exact) mass is 272 g/mol. The number of carboxylic acids is 1. The summed E-state index contributed by atoms with van der Waals surface area (Å²) >= 11 is 0. The van der Waals surface area contributed by atoms with Crippen LogP contribution >= 0.6 is 7.82 Å². The van der Waals surface area contributed by atoms with Gasteiger partial charge in [0.05, 0.1) is 0 Å². The number of carbonyl (C=O) groups is 1. The third-order valence-electron chi connectivity index (χ3n) is 1.68. The molecule has 0 unspecified atom stereocenters. The van der Waals surface area contributed by atoms with Crippen LogP contribution in [0.4, 0.5) is 0 Å². The summed E-state index contributed by atoms with van der Waals surface area (Å²) in [6.45, 7) is 1.31. The lowest BCUT2D eigenvalue weighted by Gasteiger charge is -2.05. The fraction of sp³-hybridized carbons (Fsp3) is 0.625. The van der Waals surface area contributed by atoms with Crippen LogP contribution in [0.1, 0.15) is 19.8 Å². The molecule has 9 heteroatoms. The van der Waals surface area contributed by atoms with Gasteiger partial charge in [0, 0.05) is 18.8 Å². The van der Waals surface area contributed by atoms with Gasteiger partial charge in [-0.15, -0.1) is 0 Å². The first-order valence-corrected chi connectivity index (χ1v) is 6.12. The number of carboxylic acid groups (broad SMARTS) is 1. The largest absolute Gasteiger partial charge is 0.478 e. The van der Waals surface area contributed by atoms with Gasteiger partial charge in [-0.25, -0.2) is 9.36 Å². The van der Waals surface area contributed by atoms with E-state index < -0.39 is 13.8 Å². The summed E-state index contributed by atoms with van der Waals surface area (Å²) in [7, 11) is -4.64. The number of hydrogen-bond donors (Lipinski definition) is 6. The highest BCUT2D eigenvalue weighted by atomic mass is 31.2. The zero-order valence-electron chi connectivity index (χ0n) is 9.28. The fourth-order valence-corrected chi connectivity index (χ4v) is 0.921. The number of aliphatic carboxylic acids is 1. The van der Waals surface area contributed by atoms with E-state index in [1.807, 2.05) is 0 Å². The second kappa shape index (κ2) is 9.29. The number of phosphoric acid groups is 1. The van der Waals surface area contributed by atoms with Crippen molar-refractivity contribution >= 4 is 13.8 Å². The summed E-state index contributed by atoms with van der Waals surface area (Å²) in [5.74, 6) is -0.994. The molecule has 0 heterocycles. The minimum atomic E-state index is -4.64. The van der Waals surface area contributed by atoms with E-state index in [0.29, 0.717) is 18.4 Å². The average molecular weight is 272 g/mol. The van der Waals surface area contributed by atoms with E-state index in [4.69, 9.17) is 34.6 Å². The van der Waals surface area contributed by atoms with Crippen LogP contribution in [0.3, 0.4) is 0 Å². The standard InChI is InChI=1S/C8H14O4.H3O4P/c1-6(8(11)12)7(2-4-9)3-5-10;1-5(2,3)4/h9-10H,2-5H2,1H3,(H,11,12);(H3,1,2,3,4). The number of aliphatic hydroxyl groups is 2. The molecular formula is C8H17O8P. The summed E-state index contributed by atoms with van der Waals surface area (Å²) in [5.41, 5.74) is 0.825. The Labute approximate surface area is 98.1 Å². The van der Waals surface area contributed by atoms with E-state index in [2.05, 4.69) is 0 Å². The quantitative estimate of drug-likeness (QED) is 0.281. The van der Waals surface area contributed by atoms with Crippen LogP contribution < -0.4 is 0 Å². The topological polar surface area (TPSA) is 156 Å². The Morgan fingerprint density at radius 1 is 1.06 bits per heavy atom. The van der Waals surface area contributed by atoms with Crippen molar-refractivity contribution in [2.45, 2.75) is 19.8 Å². The molecule has 0 aliphatic carbocycles. The van der Waals surface area contributed by atoms with Crippen molar-refractivity contribution in [3.05, 3.63) is 11.1 Å². The van der Waals surface area contributed by atoms with Crippen molar-refractivity contribution in [3.63, 3.8) is 0 Å². The molecule has 0 aromatic heterocycles. The van der Waals surface area contributed by atoms with Crippen LogP contribution in [0.25, 0.3) is 0 Å². The Morgan fingerprint density at radius 3 is 1.53 bits per heavy atom. The number of hydrogen-bond acceptors (Lipinski definition) is 4. The highest BCUT2D eigenvalue weighted by Crippen LogP contribution is 2.25. The predicted molar refractivity (Wildman–Crippen MR) is 58.0 cm³/mol. The molecule has 0 amide bonds. The molecule has 0 rings (SSSR count). The fourth-order valence-electron chi connectivity index (χ4n) is 0.921. The second-order valence-corrected chi connectivity index (χ2v) is 4.02. The van der Waals surface area contributed by atoms with E-state index in [0.717, 1.165) is 0 Å². The maximum absolute atomic E-state index is 10.5. The van der Waals surface area contributed by atoms with Crippen LogP contribution in [-0.4, -0.2) is 49.2 Å². The zero-order valence-corrected chi connectivity index (χ0v) is 10.2. The minimum Gasteiger partial charge on any atom is -0.478 e. The lowest BCUT2D eigenvalue weighted by Crippen LogP contribution is -2.04. The van der Waals surface area contributed by atoms with Gasteiger partial charge in [-0.05, 0) is 19.8 Å². The molecule has 0 aromatic rings. The molecule has 17 heavy (non-hydrogen) atoms. The molecule has 6 N–H and O–H groups in total. The summed E-state index contributed by atoms with van der Waals surface area (Å²) < 4.78 is 8.88. The van der Waals surface area contributed by atoms with Crippen LogP contribution in [-0.2, 0) is 9.36 Å². The summed E-state index contributed by atoms with van der Waals surface area (Å²) in [5, 5.41) is 25.8. The lowest BCUT2D eigenvalue weighted by atomic mass is 10.0. The van der Waals surface area contributed by atoms with Crippen molar-refractivity contribution in [2.24, 2.45) is 0 Å². The second-order valence-electron chi connectivity index (χ2n) is 2.99. The maximum atomic E-state index is 10.5. The van der Waals surface area contributed by atoms with Gasteiger partial charge >= 0.3 is 13.8 Å². The minimum absolute atomic E-state index is 0.0834. The SMILES string of the molecule is CC(C(=O)O)=C(CCO)CCO.O=P(O)(O)O. The Balaban J connectivity index is 0. The first kappa shape index (κ1) is 18.6. The Hall–Kier alpha value is -0.760. The van der Waals surface area contributed by atoms with Crippen molar-refractivity contribution < 1.29 is 39.4 Å². The molecular weight excluding hydrogens is 255 g/mol. The molecule has 0 spiro atoms. The Bertz CT molecular complexity index is 288. The van der Waals surface area contributed by atoms with Gasteiger partial charge in [0.15, 0.2) is 0 Å². The van der Waals surface area contributed by atoms with E-state index in [1.54, 1.807) is 0 Å². The normalized spacial score (nSPS) is 10.2. The molecule has 0 fully saturated rings. The predicted octanol–water partition coefficient (Wildman–Crippen LogP) is -0.776. The molecule has 0 aliphatic heterocycles. The molecule has 0 aromatic carbocycles. The van der Waals surface area contributed by atoms with Gasteiger partial charge in [0.25, 0.3) is 0 Å². The van der Waals surface area contributed by atoms with Gasteiger partial charge in [-0.3, -0.25) is 0 Å². The van der Waals surface area contributed by atoms with Crippen molar-refractivity contribution in [2.75, 3.05) is 13.2 Å². The van der Waals surface area contributed by atoms with E-state index in [-0.39, 0.29) is 18.8 Å². The third-order valence-corrected chi connectivity index (χ3v) is 1.68. The molecule has 0 radical (unpaired) electrons. The van der Waals surface area contributed by atoms with Gasteiger partial charge in [-0.2, -0.15) is 0 Å². The lowest BCUT2D eigenvalue weighted by molar-refractivity contribution is -0.132. The van der Waals surface area contributed by atoms with E-state index >= 15 is 0 Å². The van der Waals surface area contributed by atoms with E-state index in [9.17, 15) is 4.79 Å². The Morgan fingerprint density at radius 2 is 1.35 bits per heavy atom. The van der Waals surface area contributed by atoms with Crippen LogP contribution in [0.15, 0.2) is 11.1 Å².